The van der Waals surface area contributed by atoms with Crippen LogP contribution >= 0.6 is 0 Å². The van der Waals surface area contributed by atoms with E-state index in [9.17, 15) is 24.0 Å². The van der Waals surface area contributed by atoms with Crippen molar-refractivity contribution >= 4 is 53.2 Å². The van der Waals surface area contributed by atoms with E-state index < -0.39 is 23.7 Å². The number of carbonyl (C=O) groups excluding carboxylic acids is 5. The van der Waals surface area contributed by atoms with Crippen LogP contribution in [0.15, 0.2) is 72.0 Å². The SMILES string of the molecule is NC(=O)O/N=C/c1ccc2c(c1)CC[C@@H]2NC(=O)c1cc(C(=O)NCc2ccc3cn(/C=C(\N)C(=O)C=O)cc3c2)ncn1. The third-order valence-electron chi connectivity index (χ3n) is 6.89. The van der Waals surface area contributed by atoms with E-state index in [1.54, 1.807) is 23.0 Å². The first-order chi connectivity index (χ1) is 21.2. The third kappa shape index (κ3) is 6.82. The molecule has 1 aliphatic rings. The number of benzene rings is 2. The molecule has 0 spiro atoms. The summed E-state index contributed by atoms with van der Waals surface area (Å²) < 4.78 is 1.58. The summed E-state index contributed by atoms with van der Waals surface area (Å²) in [6, 6.07) is 12.2. The number of amides is 3. The molecule has 14 nitrogen and oxygen atoms in total. The lowest BCUT2D eigenvalue weighted by atomic mass is 10.0. The van der Waals surface area contributed by atoms with Gasteiger partial charge in [-0.2, -0.15) is 0 Å². The number of aryl methyl sites for hydroxylation is 1. The second-order valence-corrected chi connectivity index (χ2v) is 9.87. The van der Waals surface area contributed by atoms with Gasteiger partial charge in [0.25, 0.3) is 11.8 Å². The fourth-order valence-corrected chi connectivity index (χ4v) is 4.81. The molecule has 14 heteroatoms. The Balaban J connectivity index is 1.20. The predicted molar refractivity (Wildman–Crippen MR) is 158 cm³/mol. The number of hydrogen-bond donors (Lipinski definition) is 4. The van der Waals surface area contributed by atoms with Gasteiger partial charge in [0.1, 0.15) is 17.7 Å². The van der Waals surface area contributed by atoms with E-state index >= 15 is 0 Å². The second-order valence-electron chi connectivity index (χ2n) is 9.87. The minimum atomic E-state index is -1.01. The number of rotatable bonds is 10. The summed E-state index contributed by atoms with van der Waals surface area (Å²) in [5, 5.41) is 11.0. The smallest absolute Gasteiger partial charge is 0.394 e. The number of nitrogens with zero attached hydrogens (tertiary/aromatic N) is 4. The molecule has 6 N–H and O–H groups in total. The number of aromatic nitrogens is 3. The summed E-state index contributed by atoms with van der Waals surface area (Å²) in [5.74, 6) is -1.74. The lowest BCUT2D eigenvalue weighted by Crippen LogP contribution is -2.29. The average Bonchev–Trinajstić information content (AvgIpc) is 3.61. The molecule has 2 aromatic heterocycles. The van der Waals surface area contributed by atoms with Gasteiger partial charge in [0.05, 0.1) is 18.0 Å². The van der Waals surface area contributed by atoms with Crippen molar-refractivity contribution in [1.82, 2.24) is 25.2 Å². The zero-order valence-corrected chi connectivity index (χ0v) is 23.1. The Morgan fingerprint density at radius 2 is 1.77 bits per heavy atom. The molecule has 0 fully saturated rings. The molecule has 0 saturated carbocycles. The van der Waals surface area contributed by atoms with E-state index in [4.69, 9.17) is 11.5 Å². The minimum absolute atomic E-state index is 0.0340. The number of hydrogen-bond acceptors (Lipinski definition) is 10. The molecule has 2 heterocycles. The van der Waals surface area contributed by atoms with E-state index in [1.807, 2.05) is 30.3 Å². The zero-order chi connectivity index (χ0) is 31.2. The molecule has 1 aliphatic carbocycles. The molecule has 1 atom stereocenters. The van der Waals surface area contributed by atoms with Crippen molar-refractivity contribution < 1.29 is 28.8 Å². The first kappa shape index (κ1) is 29.3. The Hall–Kier alpha value is -6.18. The highest BCUT2D eigenvalue weighted by atomic mass is 16.7. The molecule has 0 unspecified atom stereocenters. The van der Waals surface area contributed by atoms with Gasteiger partial charge in [-0.25, -0.2) is 14.8 Å². The maximum atomic E-state index is 13.0. The van der Waals surface area contributed by atoms with Gasteiger partial charge in [-0.05, 0) is 52.6 Å². The molecular formula is C30H26N8O6. The van der Waals surface area contributed by atoms with Crippen LogP contribution in [-0.2, 0) is 27.4 Å². The Morgan fingerprint density at radius 3 is 2.55 bits per heavy atom. The zero-order valence-electron chi connectivity index (χ0n) is 23.1. The highest BCUT2D eigenvalue weighted by Crippen LogP contribution is 2.31. The Kier molecular flexibility index (Phi) is 8.51. The van der Waals surface area contributed by atoms with Crippen molar-refractivity contribution in [2.24, 2.45) is 16.6 Å². The van der Waals surface area contributed by atoms with E-state index in [0.717, 1.165) is 40.2 Å². The van der Waals surface area contributed by atoms with Crippen LogP contribution in [0.2, 0.25) is 0 Å². The van der Waals surface area contributed by atoms with Crippen LogP contribution in [0.3, 0.4) is 0 Å². The van der Waals surface area contributed by atoms with Crippen molar-refractivity contribution in [3.05, 3.63) is 101 Å². The van der Waals surface area contributed by atoms with Crippen molar-refractivity contribution in [3.63, 3.8) is 0 Å². The van der Waals surface area contributed by atoms with Crippen LogP contribution in [0.5, 0.6) is 0 Å². The van der Waals surface area contributed by atoms with Crippen LogP contribution in [0.1, 0.15) is 55.7 Å². The van der Waals surface area contributed by atoms with Gasteiger partial charge in [-0.3, -0.25) is 24.0 Å². The van der Waals surface area contributed by atoms with Crippen LogP contribution in [-0.4, -0.2) is 50.7 Å². The number of carbonyl (C=O) groups is 5. The fraction of sp³-hybridized carbons (Fsp3) is 0.133. The Bertz CT molecular complexity index is 1860. The van der Waals surface area contributed by atoms with Gasteiger partial charge in [-0.15, -0.1) is 0 Å². The largest absolute Gasteiger partial charge is 0.430 e. The van der Waals surface area contributed by atoms with Gasteiger partial charge >= 0.3 is 6.09 Å². The summed E-state index contributed by atoms with van der Waals surface area (Å²) in [7, 11) is 0. The number of aldehydes is 1. The van der Waals surface area contributed by atoms with E-state index in [2.05, 4.69) is 30.6 Å². The topological polar surface area (TPSA) is 214 Å². The van der Waals surface area contributed by atoms with Gasteiger partial charge in [0.15, 0.2) is 6.29 Å². The number of nitrogens with two attached hydrogens (primary N) is 2. The van der Waals surface area contributed by atoms with Gasteiger partial charge in [0, 0.05) is 36.6 Å². The van der Waals surface area contributed by atoms with Crippen molar-refractivity contribution in [2.75, 3.05) is 0 Å². The summed E-state index contributed by atoms with van der Waals surface area (Å²) in [5.41, 5.74) is 13.9. The number of ketones is 1. The van der Waals surface area contributed by atoms with Crippen LogP contribution in [0.4, 0.5) is 4.79 Å². The minimum Gasteiger partial charge on any atom is -0.394 e. The number of nitrogens with one attached hydrogen (secondary N) is 2. The fourth-order valence-electron chi connectivity index (χ4n) is 4.81. The summed E-state index contributed by atoms with van der Waals surface area (Å²) in [6.07, 6.45) is 7.91. The average molecular weight is 595 g/mol. The monoisotopic (exact) mass is 594 g/mol. The number of fused-ring (bicyclic) bond motifs is 2. The first-order valence-corrected chi connectivity index (χ1v) is 13.3. The number of oxime groups is 1. The molecule has 44 heavy (non-hydrogen) atoms. The van der Waals surface area contributed by atoms with Gasteiger partial charge in [0.2, 0.25) is 5.78 Å². The van der Waals surface area contributed by atoms with Gasteiger partial charge < -0.3 is 26.7 Å². The lowest BCUT2D eigenvalue weighted by molar-refractivity contribution is -0.127. The van der Waals surface area contributed by atoms with Crippen molar-refractivity contribution in [1.29, 1.82) is 0 Å². The quantitative estimate of drug-likeness (QED) is 0.0524. The number of allylic oxidation sites excluding steroid dienone is 1. The van der Waals surface area contributed by atoms with Crippen LogP contribution < -0.4 is 22.1 Å². The second kappa shape index (κ2) is 12.8. The number of primary amides is 1. The molecule has 3 amide bonds. The standard InChI is InChI=1S/C30H26N8O6/c31-23(27(40)15-39)14-38-12-20-3-1-17(8-21(20)13-38)10-33-28(41)25-9-26(35-16-34-25)29(42)37-24-6-4-19-7-18(2-5-22(19)24)11-36-44-30(32)43/h1-3,5,7-9,11-16,24H,4,6,10,31H2,(H2,32,43)(H,33,41)(H,37,42)/b23-14-,36-11+/t24-/m0/s1. The molecular weight excluding hydrogens is 568 g/mol. The molecule has 5 rings (SSSR count). The van der Waals surface area contributed by atoms with Crippen LogP contribution in [0, 0.1) is 0 Å². The molecule has 0 bridgehead atoms. The Morgan fingerprint density at radius 1 is 1.00 bits per heavy atom. The van der Waals surface area contributed by atoms with E-state index in [-0.39, 0.29) is 36.0 Å². The molecule has 0 aliphatic heterocycles. The maximum Gasteiger partial charge on any atom is 0.430 e. The molecule has 0 radical (unpaired) electrons. The van der Waals surface area contributed by atoms with Crippen molar-refractivity contribution in [3.8, 4) is 0 Å². The summed E-state index contributed by atoms with van der Waals surface area (Å²) in [6.45, 7) is 0.188. The normalized spacial score (nSPS) is 14.3. The predicted octanol–water partition coefficient (Wildman–Crippen LogP) is 1.73. The van der Waals surface area contributed by atoms with E-state index in [0.29, 0.717) is 12.0 Å². The Labute approximate surface area is 249 Å². The molecule has 0 saturated heterocycles. The molecule has 222 valence electrons. The van der Waals surface area contributed by atoms with E-state index in [1.165, 1.54) is 18.5 Å². The summed E-state index contributed by atoms with van der Waals surface area (Å²) in [4.78, 5) is 71.0. The van der Waals surface area contributed by atoms with Crippen molar-refractivity contribution in [2.45, 2.75) is 25.4 Å². The third-order valence-corrected chi connectivity index (χ3v) is 6.89. The van der Waals surface area contributed by atoms with Gasteiger partial charge in [-0.1, -0.05) is 29.4 Å². The summed E-state index contributed by atoms with van der Waals surface area (Å²) >= 11 is 0. The maximum absolute atomic E-state index is 13.0. The lowest BCUT2D eigenvalue weighted by Gasteiger charge is -2.14. The molecule has 2 aromatic carbocycles. The first-order valence-electron chi connectivity index (χ1n) is 13.3. The highest BCUT2D eigenvalue weighted by molar-refractivity contribution is 6.33. The molecule has 4 aromatic rings. The highest BCUT2D eigenvalue weighted by Gasteiger charge is 2.25. The number of Topliss-reactive ketones (excluding diaryl/α,β-unsaturated/α-hetero) is 1. The van der Waals surface area contributed by atoms with Crippen LogP contribution in [0.25, 0.3) is 17.0 Å².